The van der Waals surface area contributed by atoms with Gasteiger partial charge in [-0.2, -0.15) is 0 Å². The lowest BCUT2D eigenvalue weighted by molar-refractivity contribution is 0.473. The maximum Gasteiger partial charge on any atom is 0.140 e. The van der Waals surface area contributed by atoms with Gasteiger partial charge in [-0.15, -0.1) is 0 Å². The first-order valence-electron chi connectivity index (χ1n) is 5.83. The summed E-state index contributed by atoms with van der Waals surface area (Å²) in [5.74, 6) is -0.0203. The number of benzene rings is 2. The Morgan fingerprint density at radius 3 is 2.63 bits per heavy atom. The smallest absolute Gasteiger partial charge is 0.140 e. The van der Waals surface area contributed by atoms with Crippen LogP contribution in [-0.4, -0.2) is 15.1 Å². The summed E-state index contributed by atoms with van der Waals surface area (Å²) in [5, 5.41) is 9.41. The van der Waals surface area contributed by atoms with Gasteiger partial charge in [-0.05, 0) is 23.8 Å². The molecule has 0 radical (unpaired) electrons. The molecular weight excluding hydrogens is 243 g/mol. The number of phenolic OH excluding ortho intramolecular Hbond substituents is 1. The lowest BCUT2D eigenvalue weighted by Crippen LogP contribution is -1.86. The monoisotopic (exact) mass is 254 g/mol. The van der Waals surface area contributed by atoms with Gasteiger partial charge in [0.1, 0.15) is 17.4 Å². The van der Waals surface area contributed by atoms with Crippen LogP contribution in [0.2, 0.25) is 0 Å². The number of aromatic nitrogens is 2. The van der Waals surface area contributed by atoms with Gasteiger partial charge in [0.2, 0.25) is 0 Å². The molecule has 0 spiro atoms. The third kappa shape index (κ3) is 2.20. The zero-order chi connectivity index (χ0) is 13.2. The van der Waals surface area contributed by atoms with Crippen molar-refractivity contribution in [1.29, 1.82) is 0 Å². The van der Waals surface area contributed by atoms with E-state index in [1.54, 1.807) is 6.20 Å². The zero-order valence-corrected chi connectivity index (χ0v) is 9.97. The Morgan fingerprint density at radius 1 is 1.05 bits per heavy atom. The molecule has 0 aliphatic heterocycles. The van der Waals surface area contributed by atoms with Crippen LogP contribution in [0.25, 0.3) is 22.6 Å². The summed E-state index contributed by atoms with van der Waals surface area (Å²) < 4.78 is 13.7. The summed E-state index contributed by atoms with van der Waals surface area (Å²) in [6, 6.07) is 13.5. The van der Waals surface area contributed by atoms with Crippen molar-refractivity contribution in [2.75, 3.05) is 0 Å². The summed E-state index contributed by atoms with van der Waals surface area (Å²) in [6.45, 7) is 0. The van der Waals surface area contributed by atoms with Crippen LogP contribution in [-0.2, 0) is 0 Å². The van der Waals surface area contributed by atoms with E-state index in [-0.39, 0.29) is 11.3 Å². The van der Waals surface area contributed by atoms with Crippen molar-refractivity contribution >= 4 is 0 Å². The lowest BCUT2D eigenvalue weighted by Gasteiger charge is -2.00. The molecule has 0 aliphatic carbocycles. The number of rotatable bonds is 2. The fourth-order valence-electron chi connectivity index (χ4n) is 1.92. The minimum Gasteiger partial charge on any atom is -0.508 e. The van der Waals surface area contributed by atoms with Crippen LogP contribution in [0.4, 0.5) is 4.39 Å². The van der Waals surface area contributed by atoms with Gasteiger partial charge in [0.25, 0.3) is 0 Å². The third-order valence-electron chi connectivity index (χ3n) is 2.87. The SMILES string of the molecule is Oc1ccc(F)c(-c2ncc(-c3ccccc3)[nH]2)c1. The van der Waals surface area contributed by atoms with Crippen LogP contribution in [0.3, 0.4) is 0 Å². The molecule has 19 heavy (non-hydrogen) atoms. The van der Waals surface area contributed by atoms with E-state index in [9.17, 15) is 9.50 Å². The predicted molar refractivity (Wildman–Crippen MR) is 71.1 cm³/mol. The molecule has 2 aromatic carbocycles. The molecule has 4 heteroatoms. The van der Waals surface area contributed by atoms with Crippen LogP contribution < -0.4 is 0 Å². The van der Waals surface area contributed by atoms with Crippen molar-refractivity contribution in [2.45, 2.75) is 0 Å². The second-order valence-electron chi connectivity index (χ2n) is 4.18. The van der Waals surface area contributed by atoms with E-state index in [2.05, 4.69) is 9.97 Å². The van der Waals surface area contributed by atoms with E-state index in [1.807, 2.05) is 30.3 Å². The van der Waals surface area contributed by atoms with Crippen molar-refractivity contribution in [3.05, 3.63) is 60.5 Å². The average molecular weight is 254 g/mol. The van der Waals surface area contributed by atoms with Crippen LogP contribution in [0.1, 0.15) is 0 Å². The van der Waals surface area contributed by atoms with E-state index in [0.29, 0.717) is 5.82 Å². The highest BCUT2D eigenvalue weighted by molar-refractivity contribution is 5.65. The molecule has 1 heterocycles. The molecule has 3 nitrogen and oxygen atoms in total. The summed E-state index contributed by atoms with van der Waals surface area (Å²) in [5.41, 5.74) is 2.03. The normalized spacial score (nSPS) is 10.6. The molecule has 1 aromatic heterocycles. The Kier molecular flexibility index (Phi) is 2.76. The summed E-state index contributed by atoms with van der Waals surface area (Å²) in [4.78, 5) is 7.21. The van der Waals surface area contributed by atoms with Crippen molar-refractivity contribution in [3.63, 3.8) is 0 Å². The number of halogens is 1. The van der Waals surface area contributed by atoms with E-state index < -0.39 is 5.82 Å². The van der Waals surface area contributed by atoms with E-state index in [0.717, 1.165) is 11.3 Å². The standard InChI is InChI=1S/C15H11FN2O/c16-13-7-6-11(19)8-12(13)15-17-9-14(18-15)10-4-2-1-3-5-10/h1-9,19H,(H,17,18). The molecule has 0 unspecified atom stereocenters. The largest absolute Gasteiger partial charge is 0.508 e. The molecule has 0 saturated carbocycles. The van der Waals surface area contributed by atoms with Gasteiger partial charge in [0, 0.05) is 0 Å². The highest BCUT2D eigenvalue weighted by Gasteiger charge is 2.10. The van der Waals surface area contributed by atoms with E-state index >= 15 is 0 Å². The average Bonchev–Trinajstić information content (AvgIpc) is 2.92. The Balaban J connectivity index is 2.04. The van der Waals surface area contributed by atoms with Gasteiger partial charge in [-0.25, -0.2) is 9.37 Å². The maximum absolute atomic E-state index is 13.7. The topological polar surface area (TPSA) is 48.9 Å². The maximum atomic E-state index is 13.7. The first-order valence-corrected chi connectivity index (χ1v) is 5.83. The number of aromatic amines is 1. The second kappa shape index (κ2) is 4.57. The number of phenols is 1. The number of H-pyrrole nitrogens is 1. The van der Waals surface area contributed by atoms with Crippen molar-refractivity contribution in [2.24, 2.45) is 0 Å². The predicted octanol–water partition coefficient (Wildman–Crippen LogP) is 3.59. The third-order valence-corrected chi connectivity index (χ3v) is 2.87. The van der Waals surface area contributed by atoms with E-state index in [4.69, 9.17) is 0 Å². The molecule has 2 N–H and O–H groups in total. The highest BCUT2D eigenvalue weighted by Crippen LogP contribution is 2.26. The first kappa shape index (κ1) is 11.5. The molecule has 0 bridgehead atoms. The van der Waals surface area contributed by atoms with Crippen molar-refractivity contribution < 1.29 is 9.50 Å². The minimum atomic E-state index is -0.424. The molecule has 0 amide bonds. The van der Waals surface area contributed by atoms with Crippen molar-refractivity contribution in [1.82, 2.24) is 9.97 Å². The Hall–Kier alpha value is -2.62. The number of nitrogens with zero attached hydrogens (tertiary/aromatic N) is 1. The second-order valence-corrected chi connectivity index (χ2v) is 4.18. The van der Waals surface area contributed by atoms with E-state index in [1.165, 1.54) is 18.2 Å². The molecule has 3 aromatic rings. The molecule has 94 valence electrons. The Morgan fingerprint density at radius 2 is 1.84 bits per heavy atom. The zero-order valence-electron chi connectivity index (χ0n) is 9.97. The Labute approximate surface area is 109 Å². The molecule has 0 fully saturated rings. The number of nitrogens with one attached hydrogen (secondary N) is 1. The summed E-state index contributed by atoms with van der Waals surface area (Å²) in [7, 11) is 0. The van der Waals surface area contributed by atoms with Gasteiger partial charge in [0.05, 0.1) is 17.5 Å². The van der Waals surface area contributed by atoms with Crippen LogP contribution in [0.5, 0.6) is 5.75 Å². The van der Waals surface area contributed by atoms with Gasteiger partial charge in [0.15, 0.2) is 0 Å². The summed E-state index contributed by atoms with van der Waals surface area (Å²) >= 11 is 0. The lowest BCUT2D eigenvalue weighted by atomic mass is 10.2. The fraction of sp³-hybridized carbons (Fsp3) is 0. The molecule has 0 atom stereocenters. The number of aromatic hydroxyl groups is 1. The molecule has 0 saturated heterocycles. The van der Waals surface area contributed by atoms with Gasteiger partial charge < -0.3 is 10.1 Å². The number of hydrogen-bond acceptors (Lipinski definition) is 2. The minimum absolute atomic E-state index is 0.00839. The first-order chi connectivity index (χ1) is 9.24. The molecule has 0 aliphatic rings. The van der Waals surface area contributed by atoms with Crippen LogP contribution >= 0.6 is 0 Å². The quantitative estimate of drug-likeness (QED) is 0.734. The van der Waals surface area contributed by atoms with Gasteiger partial charge in [-0.3, -0.25) is 0 Å². The summed E-state index contributed by atoms with van der Waals surface area (Å²) in [6.07, 6.45) is 1.65. The number of imidazole rings is 1. The van der Waals surface area contributed by atoms with Gasteiger partial charge >= 0.3 is 0 Å². The van der Waals surface area contributed by atoms with Crippen LogP contribution in [0.15, 0.2) is 54.7 Å². The van der Waals surface area contributed by atoms with Crippen LogP contribution in [0, 0.1) is 5.82 Å². The van der Waals surface area contributed by atoms with Gasteiger partial charge in [-0.1, -0.05) is 30.3 Å². The molecule has 3 rings (SSSR count). The molecular formula is C15H11FN2O. The highest BCUT2D eigenvalue weighted by atomic mass is 19.1. The fourth-order valence-corrected chi connectivity index (χ4v) is 1.92. The Bertz CT molecular complexity index is 707. The number of hydrogen-bond donors (Lipinski definition) is 2. The van der Waals surface area contributed by atoms with Crippen molar-refractivity contribution in [3.8, 4) is 28.4 Å².